The summed E-state index contributed by atoms with van der Waals surface area (Å²) in [7, 11) is 1.57. The summed E-state index contributed by atoms with van der Waals surface area (Å²) in [6.07, 6.45) is -0.281. The van der Waals surface area contributed by atoms with Gasteiger partial charge in [0, 0.05) is 5.56 Å². The number of fused-ring (bicyclic) bond motifs is 1. The smallest absolute Gasteiger partial charge is 0.338 e. The Labute approximate surface area is 162 Å². The lowest BCUT2D eigenvalue weighted by Crippen LogP contribution is -2.39. The van der Waals surface area contributed by atoms with Crippen LogP contribution in [0.2, 0.25) is 0 Å². The first-order valence-electron chi connectivity index (χ1n) is 8.39. The van der Waals surface area contributed by atoms with Crippen molar-refractivity contribution < 1.29 is 14.3 Å². The van der Waals surface area contributed by atoms with Gasteiger partial charge in [0.2, 0.25) is 0 Å². The van der Waals surface area contributed by atoms with Crippen LogP contribution in [0.5, 0.6) is 5.75 Å². The molecule has 7 nitrogen and oxygen atoms in total. The second-order valence-electron chi connectivity index (χ2n) is 6.29. The molecule has 0 saturated carbocycles. The summed E-state index contributed by atoms with van der Waals surface area (Å²) >= 11 is 1.19. The molecule has 1 aromatic carbocycles. The number of nitrogens with zero attached hydrogens (tertiary/aromatic N) is 3. The van der Waals surface area contributed by atoms with Gasteiger partial charge in [-0.05, 0) is 38.6 Å². The number of hydrogen-bond acceptors (Lipinski definition) is 8. The van der Waals surface area contributed by atoms with Crippen molar-refractivity contribution in [2.24, 2.45) is 10.7 Å². The normalized spacial score (nSPS) is 19.0. The van der Waals surface area contributed by atoms with Crippen molar-refractivity contribution in [2.75, 3.05) is 7.11 Å². The van der Waals surface area contributed by atoms with Crippen LogP contribution in [-0.4, -0.2) is 29.3 Å². The molecule has 0 aliphatic carbocycles. The number of benzene rings is 1. The number of nitriles is 1. The van der Waals surface area contributed by atoms with Crippen molar-refractivity contribution in [2.45, 2.75) is 32.9 Å². The number of nitrogens with two attached hydrogens (primary N) is 1. The maximum Gasteiger partial charge on any atom is 0.338 e. The van der Waals surface area contributed by atoms with Crippen LogP contribution in [0.25, 0.3) is 0 Å². The molecule has 1 aromatic rings. The number of aliphatic imine (C=N–C) groups is 1. The minimum absolute atomic E-state index is 0.263. The molecule has 2 heterocycles. The highest BCUT2D eigenvalue weighted by atomic mass is 32.2. The topological polar surface area (TPSA) is 101 Å². The van der Waals surface area contributed by atoms with Crippen molar-refractivity contribution in [1.82, 2.24) is 4.90 Å². The third-order valence-electron chi connectivity index (χ3n) is 4.17. The number of carbonyl (C=O) groups excluding carboxylic acids is 1. The number of thioether (sulfide) groups is 1. The molecule has 0 saturated heterocycles. The van der Waals surface area contributed by atoms with Gasteiger partial charge in [-0.25, -0.2) is 9.79 Å². The molecule has 3 rings (SSSR count). The quantitative estimate of drug-likeness (QED) is 0.796. The molecule has 0 aromatic heterocycles. The summed E-state index contributed by atoms with van der Waals surface area (Å²) in [6.45, 7) is 5.33. The first-order valence-corrected chi connectivity index (χ1v) is 9.21. The standard InChI is InChI=1S/C19H20N4O3S/c1-10(2)26-18(24)15-11(3)22-19-23(17(21)14(9-20)27-19)16(15)12-7-5-6-8-13(12)25-4/h5-8,10,16H,21H2,1-4H3/t16-/m0/s1. The summed E-state index contributed by atoms with van der Waals surface area (Å²) in [6, 6.07) is 8.88. The number of methoxy groups -OCH3 is 1. The van der Waals surface area contributed by atoms with Crippen LogP contribution < -0.4 is 10.5 Å². The van der Waals surface area contributed by atoms with Crippen molar-refractivity contribution in [3.05, 3.63) is 51.8 Å². The molecule has 2 aliphatic rings. The Bertz CT molecular complexity index is 927. The molecule has 0 radical (unpaired) electrons. The van der Waals surface area contributed by atoms with Crippen LogP contribution in [-0.2, 0) is 9.53 Å². The maximum atomic E-state index is 12.9. The number of rotatable bonds is 4. The molecule has 0 bridgehead atoms. The third kappa shape index (κ3) is 3.26. The van der Waals surface area contributed by atoms with Crippen LogP contribution in [0.4, 0.5) is 0 Å². The van der Waals surface area contributed by atoms with E-state index in [9.17, 15) is 10.1 Å². The van der Waals surface area contributed by atoms with Gasteiger partial charge in [-0.1, -0.05) is 18.2 Å². The molecule has 2 N–H and O–H groups in total. The van der Waals surface area contributed by atoms with Crippen molar-refractivity contribution in [1.29, 1.82) is 5.26 Å². The van der Waals surface area contributed by atoms with Gasteiger partial charge in [0.25, 0.3) is 0 Å². The van der Waals surface area contributed by atoms with Gasteiger partial charge in [-0.2, -0.15) is 5.26 Å². The number of allylic oxidation sites excluding steroid dienone is 2. The van der Waals surface area contributed by atoms with Crippen LogP contribution in [0, 0.1) is 11.3 Å². The zero-order valence-corrected chi connectivity index (χ0v) is 16.3. The average Bonchev–Trinajstić information content (AvgIpc) is 2.95. The fourth-order valence-corrected chi connectivity index (χ4v) is 3.98. The molecule has 0 unspecified atom stereocenters. The molecule has 8 heteroatoms. The zero-order valence-electron chi connectivity index (χ0n) is 15.5. The average molecular weight is 384 g/mol. The Morgan fingerprint density at radius 2 is 2.11 bits per heavy atom. The lowest BCUT2D eigenvalue weighted by atomic mass is 9.93. The van der Waals surface area contributed by atoms with Crippen LogP contribution >= 0.6 is 11.8 Å². The van der Waals surface area contributed by atoms with E-state index in [2.05, 4.69) is 11.1 Å². The minimum Gasteiger partial charge on any atom is -0.496 e. The predicted octanol–water partition coefficient (Wildman–Crippen LogP) is 3.03. The van der Waals surface area contributed by atoms with E-state index in [1.165, 1.54) is 11.8 Å². The van der Waals surface area contributed by atoms with Gasteiger partial charge in [0.1, 0.15) is 28.6 Å². The van der Waals surface area contributed by atoms with Crippen LogP contribution in [0.3, 0.4) is 0 Å². The highest BCUT2D eigenvalue weighted by Crippen LogP contribution is 2.47. The van der Waals surface area contributed by atoms with E-state index in [0.29, 0.717) is 27.1 Å². The molecule has 1 atom stereocenters. The van der Waals surface area contributed by atoms with Gasteiger partial charge in [-0.15, -0.1) is 0 Å². The second-order valence-corrected chi connectivity index (χ2v) is 7.27. The number of hydrogen-bond donors (Lipinski definition) is 1. The Kier molecular flexibility index (Phi) is 5.15. The maximum absolute atomic E-state index is 12.9. The summed E-state index contributed by atoms with van der Waals surface area (Å²) in [5, 5.41) is 9.93. The van der Waals surface area contributed by atoms with Crippen LogP contribution in [0.1, 0.15) is 32.4 Å². The van der Waals surface area contributed by atoms with Crippen molar-refractivity contribution in [3.8, 4) is 11.8 Å². The van der Waals surface area contributed by atoms with Crippen molar-refractivity contribution in [3.63, 3.8) is 0 Å². The van der Waals surface area contributed by atoms with Gasteiger partial charge < -0.3 is 15.2 Å². The van der Waals surface area contributed by atoms with Gasteiger partial charge in [0.15, 0.2) is 5.17 Å². The molecule has 27 heavy (non-hydrogen) atoms. The lowest BCUT2D eigenvalue weighted by molar-refractivity contribution is -0.143. The van der Waals surface area contributed by atoms with E-state index in [4.69, 9.17) is 15.2 Å². The second kappa shape index (κ2) is 7.37. The highest BCUT2D eigenvalue weighted by Gasteiger charge is 2.43. The van der Waals surface area contributed by atoms with Gasteiger partial charge in [-0.3, -0.25) is 4.90 Å². The Hall–Kier alpha value is -2.92. The molecular formula is C19H20N4O3S. The summed E-state index contributed by atoms with van der Waals surface area (Å²) in [5.41, 5.74) is 7.88. The molecule has 140 valence electrons. The number of ether oxygens (including phenoxy) is 2. The Morgan fingerprint density at radius 1 is 1.41 bits per heavy atom. The van der Waals surface area contributed by atoms with E-state index in [1.54, 1.807) is 32.8 Å². The largest absolute Gasteiger partial charge is 0.496 e. The molecular weight excluding hydrogens is 364 g/mol. The fourth-order valence-electron chi connectivity index (χ4n) is 3.07. The zero-order chi connectivity index (χ0) is 19.7. The number of para-hydroxylation sites is 1. The van der Waals surface area contributed by atoms with E-state index >= 15 is 0 Å². The van der Waals surface area contributed by atoms with E-state index < -0.39 is 12.0 Å². The number of amidine groups is 1. The SMILES string of the molecule is COc1ccccc1[C@H]1C(C(=O)OC(C)C)=C(C)N=C2SC(C#N)=C(N)N21. The van der Waals surface area contributed by atoms with Gasteiger partial charge >= 0.3 is 5.97 Å². The first kappa shape index (κ1) is 18.9. The summed E-state index contributed by atoms with van der Waals surface area (Å²) < 4.78 is 11.0. The monoisotopic (exact) mass is 384 g/mol. The summed E-state index contributed by atoms with van der Waals surface area (Å²) in [5.74, 6) is 0.401. The van der Waals surface area contributed by atoms with E-state index in [1.807, 2.05) is 24.3 Å². The molecule has 0 spiro atoms. The third-order valence-corrected chi connectivity index (χ3v) is 5.15. The predicted molar refractivity (Wildman–Crippen MR) is 103 cm³/mol. The van der Waals surface area contributed by atoms with Crippen LogP contribution in [0.15, 0.2) is 51.3 Å². The van der Waals surface area contributed by atoms with Crippen molar-refractivity contribution >= 4 is 22.9 Å². The lowest BCUT2D eigenvalue weighted by Gasteiger charge is -2.35. The summed E-state index contributed by atoms with van der Waals surface area (Å²) in [4.78, 5) is 19.5. The van der Waals surface area contributed by atoms with E-state index in [-0.39, 0.29) is 11.9 Å². The van der Waals surface area contributed by atoms with Gasteiger partial charge in [0.05, 0.1) is 24.5 Å². The van der Waals surface area contributed by atoms with E-state index in [0.717, 1.165) is 5.56 Å². The Balaban J connectivity index is 2.22. The minimum atomic E-state index is -0.599. The number of carbonyl (C=O) groups is 1. The fraction of sp³-hybridized carbons (Fsp3) is 0.316. The highest BCUT2D eigenvalue weighted by molar-refractivity contribution is 8.17. The number of esters is 1. The molecule has 2 aliphatic heterocycles. The molecule has 0 amide bonds. The first-order chi connectivity index (χ1) is 12.9. The molecule has 0 fully saturated rings. The Morgan fingerprint density at radius 3 is 2.74 bits per heavy atom.